The molecule has 0 spiro atoms. The molecular formula is C16H21N5O. The zero-order valence-electron chi connectivity index (χ0n) is 12.8. The number of anilines is 2. The third kappa shape index (κ3) is 3.44. The van der Waals surface area contributed by atoms with Gasteiger partial charge >= 0.3 is 0 Å². The van der Waals surface area contributed by atoms with E-state index >= 15 is 0 Å². The Hall–Kier alpha value is -2.37. The molecule has 0 saturated carbocycles. The first-order valence-electron chi connectivity index (χ1n) is 7.70. The van der Waals surface area contributed by atoms with E-state index in [0.29, 0.717) is 6.54 Å². The lowest BCUT2D eigenvalue weighted by Crippen LogP contribution is -2.25. The van der Waals surface area contributed by atoms with Crippen LogP contribution in [0.25, 0.3) is 0 Å². The second kappa shape index (κ2) is 6.60. The second-order valence-electron chi connectivity index (χ2n) is 5.75. The van der Waals surface area contributed by atoms with Gasteiger partial charge in [0, 0.05) is 24.5 Å². The summed E-state index contributed by atoms with van der Waals surface area (Å²) in [5, 5.41) is 7.02. The van der Waals surface area contributed by atoms with Crippen molar-refractivity contribution in [2.45, 2.75) is 26.3 Å². The predicted molar refractivity (Wildman–Crippen MR) is 85.7 cm³/mol. The summed E-state index contributed by atoms with van der Waals surface area (Å²) < 4.78 is 1.67. The summed E-state index contributed by atoms with van der Waals surface area (Å²) in [6.07, 6.45) is 5.58. The average Bonchev–Trinajstić information content (AvgIpc) is 3.21. The second-order valence-corrected chi connectivity index (χ2v) is 5.75. The van der Waals surface area contributed by atoms with Gasteiger partial charge in [-0.1, -0.05) is 13.0 Å². The maximum absolute atomic E-state index is 12.3. The summed E-state index contributed by atoms with van der Waals surface area (Å²) >= 11 is 0. The number of nitrogens with one attached hydrogen (secondary N) is 1. The maximum atomic E-state index is 12.3. The Morgan fingerprint density at radius 3 is 2.91 bits per heavy atom. The molecule has 6 heteroatoms. The van der Waals surface area contributed by atoms with Crippen molar-refractivity contribution in [3.05, 3.63) is 36.9 Å². The number of carbonyl (C=O) groups is 1. The molecule has 1 aromatic heterocycles. The van der Waals surface area contributed by atoms with Crippen LogP contribution in [0.5, 0.6) is 0 Å². The van der Waals surface area contributed by atoms with Crippen LogP contribution in [0.2, 0.25) is 0 Å². The number of aromatic nitrogens is 3. The van der Waals surface area contributed by atoms with Crippen molar-refractivity contribution in [2.24, 2.45) is 5.92 Å². The van der Waals surface area contributed by atoms with Gasteiger partial charge in [-0.05, 0) is 31.0 Å². The van der Waals surface area contributed by atoms with E-state index in [1.54, 1.807) is 11.0 Å². The van der Waals surface area contributed by atoms with Gasteiger partial charge in [0.2, 0.25) is 5.91 Å². The van der Waals surface area contributed by atoms with E-state index in [0.717, 1.165) is 18.8 Å². The molecule has 1 fully saturated rings. The zero-order valence-corrected chi connectivity index (χ0v) is 12.8. The summed E-state index contributed by atoms with van der Waals surface area (Å²) in [6.45, 7) is 4.61. The van der Waals surface area contributed by atoms with E-state index in [1.807, 2.05) is 25.1 Å². The number of rotatable bonds is 5. The fourth-order valence-electron chi connectivity index (χ4n) is 2.71. The molecule has 0 bridgehead atoms. The van der Waals surface area contributed by atoms with Crippen molar-refractivity contribution in [3.8, 4) is 0 Å². The molecule has 0 unspecified atom stereocenters. The van der Waals surface area contributed by atoms with Crippen molar-refractivity contribution in [1.82, 2.24) is 14.8 Å². The van der Waals surface area contributed by atoms with Crippen molar-refractivity contribution in [1.29, 1.82) is 0 Å². The Bertz CT molecular complexity index is 619. The topological polar surface area (TPSA) is 63.1 Å². The standard InChI is InChI=1S/C16H21N5O/c1-13(10-21-12-17-11-18-21)16(22)19-14-5-4-6-15(9-14)20-7-2-3-8-20/h4-6,9,11-13H,2-3,7-8,10H2,1H3,(H,19,22)/t13-/m0/s1. The predicted octanol–water partition coefficient (Wildman–Crippen LogP) is 2.15. The number of carbonyl (C=O) groups excluding carboxylic acids is 1. The van der Waals surface area contributed by atoms with Crippen LogP contribution < -0.4 is 10.2 Å². The average molecular weight is 299 g/mol. The summed E-state index contributed by atoms with van der Waals surface area (Å²) in [7, 11) is 0. The Kier molecular flexibility index (Phi) is 4.37. The monoisotopic (exact) mass is 299 g/mol. The first kappa shape index (κ1) is 14.6. The van der Waals surface area contributed by atoms with E-state index < -0.39 is 0 Å². The molecule has 1 aliphatic rings. The zero-order chi connectivity index (χ0) is 15.4. The highest BCUT2D eigenvalue weighted by atomic mass is 16.1. The quantitative estimate of drug-likeness (QED) is 0.919. The van der Waals surface area contributed by atoms with Gasteiger partial charge in [-0.25, -0.2) is 4.98 Å². The smallest absolute Gasteiger partial charge is 0.229 e. The first-order chi connectivity index (χ1) is 10.7. The number of benzene rings is 1. The number of hydrogen-bond donors (Lipinski definition) is 1. The number of hydrogen-bond acceptors (Lipinski definition) is 4. The van der Waals surface area contributed by atoms with E-state index in [9.17, 15) is 4.79 Å². The molecule has 1 atom stereocenters. The van der Waals surface area contributed by atoms with Crippen LogP contribution in [0.4, 0.5) is 11.4 Å². The van der Waals surface area contributed by atoms with Crippen LogP contribution in [0.15, 0.2) is 36.9 Å². The normalized spacial score (nSPS) is 15.8. The molecule has 0 radical (unpaired) electrons. The van der Waals surface area contributed by atoms with E-state index in [4.69, 9.17) is 0 Å². The van der Waals surface area contributed by atoms with Crippen LogP contribution in [0, 0.1) is 5.92 Å². The highest BCUT2D eigenvalue weighted by Crippen LogP contribution is 2.23. The largest absolute Gasteiger partial charge is 0.371 e. The number of amides is 1. The minimum absolute atomic E-state index is 0.00549. The van der Waals surface area contributed by atoms with Gasteiger partial charge in [0.25, 0.3) is 0 Å². The number of nitrogens with zero attached hydrogens (tertiary/aromatic N) is 4. The van der Waals surface area contributed by atoms with Gasteiger partial charge in [0.1, 0.15) is 12.7 Å². The third-order valence-electron chi connectivity index (χ3n) is 3.96. The molecule has 0 aliphatic carbocycles. The molecule has 3 rings (SSSR count). The SMILES string of the molecule is C[C@@H](Cn1cncn1)C(=O)Nc1cccc(N2CCCC2)c1. The minimum atomic E-state index is -0.169. The molecule has 6 nitrogen and oxygen atoms in total. The summed E-state index contributed by atoms with van der Waals surface area (Å²) in [4.78, 5) is 18.5. The Labute approximate surface area is 130 Å². The van der Waals surface area contributed by atoms with E-state index in [-0.39, 0.29) is 11.8 Å². The molecule has 1 amide bonds. The van der Waals surface area contributed by atoms with Gasteiger partial charge < -0.3 is 10.2 Å². The molecule has 22 heavy (non-hydrogen) atoms. The van der Waals surface area contributed by atoms with Crippen LogP contribution in [-0.2, 0) is 11.3 Å². The van der Waals surface area contributed by atoms with Crippen LogP contribution >= 0.6 is 0 Å². The Morgan fingerprint density at radius 2 is 2.18 bits per heavy atom. The molecule has 2 aromatic rings. The molecule has 1 N–H and O–H groups in total. The molecule has 1 saturated heterocycles. The van der Waals surface area contributed by atoms with E-state index in [2.05, 4.69) is 26.4 Å². The summed E-state index contributed by atoms with van der Waals surface area (Å²) in [6, 6.07) is 8.07. The fraction of sp³-hybridized carbons (Fsp3) is 0.438. The van der Waals surface area contributed by atoms with Gasteiger partial charge in [0.15, 0.2) is 0 Å². The highest BCUT2D eigenvalue weighted by molar-refractivity contribution is 5.92. The Balaban J connectivity index is 1.62. The lowest BCUT2D eigenvalue weighted by Gasteiger charge is -2.19. The first-order valence-corrected chi connectivity index (χ1v) is 7.70. The lowest BCUT2D eigenvalue weighted by atomic mass is 10.1. The van der Waals surface area contributed by atoms with Crippen molar-refractivity contribution in [2.75, 3.05) is 23.3 Å². The molecule has 116 valence electrons. The van der Waals surface area contributed by atoms with Crippen molar-refractivity contribution < 1.29 is 4.79 Å². The highest BCUT2D eigenvalue weighted by Gasteiger charge is 2.16. The summed E-state index contributed by atoms with van der Waals surface area (Å²) in [5.41, 5.74) is 2.03. The van der Waals surface area contributed by atoms with Crippen molar-refractivity contribution >= 4 is 17.3 Å². The van der Waals surface area contributed by atoms with Crippen LogP contribution in [0.1, 0.15) is 19.8 Å². The summed E-state index contributed by atoms with van der Waals surface area (Å²) in [5.74, 6) is -0.175. The molecular weight excluding hydrogens is 278 g/mol. The lowest BCUT2D eigenvalue weighted by molar-refractivity contribution is -0.119. The van der Waals surface area contributed by atoms with Crippen LogP contribution in [0.3, 0.4) is 0 Å². The van der Waals surface area contributed by atoms with Crippen molar-refractivity contribution in [3.63, 3.8) is 0 Å². The molecule has 1 aliphatic heterocycles. The van der Waals surface area contributed by atoms with Gasteiger partial charge in [-0.15, -0.1) is 0 Å². The fourth-order valence-corrected chi connectivity index (χ4v) is 2.71. The third-order valence-corrected chi connectivity index (χ3v) is 3.96. The van der Waals surface area contributed by atoms with Gasteiger partial charge in [-0.3, -0.25) is 9.48 Å². The van der Waals surface area contributed by atoms with Crippen LogP contribution in [-0.4, -0.2) is 33.8 Å². The van der Waals surface area contributed by atoms with Gasteiger partial charge in [0.05, 0.1) is 12.5 Å². The van der Waals surface area contributed by atoms with E-state index in [1.165, 1.54) is 24.9 Å². The minimum Gasteiger partial charge on any atom is -0.371 e. The maximum Gasteiger partial charge on any atom is 0.229 e. The molecule has 2 heterocycles. The molecule has 1 aromatic carbocycles. The van der Waals surface area contributed by atoms with Gasteiger partial charge in [-0.2, -0.15) is 5.10 Å². The Morgan fingerprint density at radius 1 is 1.36 bits per heavy atom.